The number of halogens is 1. The molecule has 2 aromatic heterocycles. The first-order chi connectivity index (χ1) is 14.7. The molecule has 0 radical (unpaired) electrons. The number of ether oxygens (including phenoxy) is 1. The van der Waals surface area contributed by atoms with Crippen molar-refractivity contribution in [3.63, 3.8) is 0 Å². The highest BCUT2D eigenvalue weighted by Crippen LogP contribution is 2.25. The minimum absolute atomic E-state index is 0.0262. The maximum absolute atomic E-state index is 12.5. The van der Waals surface area contributed by atoms with E-state index in [2.05, 4.69) is 28.1 Å². The Morgan fingerprint density at radius 3 is 2.60 bits per heavy atom. The molecule has 0 spiro atoms. The molecular weight excluding hydrogens is 460 g/mol. The molecule has 0 fully saturated rings. The Morgan fingerprint density at radius 1 is 0.967 bits per heavy atom. The molecule has 5 heteroatoms. The van der Waals surface area contributed by atoms with Crippen molar-refractivity contribution in [1.29, 1.82) is 0 Å². The number of rotatable bonds is 8. The van der Waals surface area contributed by atoms with Crippen molar-refractivity contribution in [2.24, 2.45) is 0 Å². The minimum Gasteiger partial charge on any atom is -0.484 e. The highest BCUT2D eigenvalue weighted by Gasteiger charge is 2.08. The van der Waals surface area contributed by atoms with Crippen molar-refractivity contribution < 1.29 is 13.9 Å². The van der Waals surface area contributed by atoms with Crippen LogP contribution in [0.4, 0.5) is 0 Å². The van der Waals surface area contributed by atoms with Crippen LogP contribution in [0.2, 0.25) is 0 Å². The number of furan rings is 1. The third kappa shape index (κ3) is 5.38. The summed E-state index contributed by atoms with van der Waals surface area (Å²) in [5.41, 5.74) is 1.24. The number of ketones is 1. The Morgan fingerprint density at radius 2 is 1.77 bits per heavy atom. The smallest absolute Gasteiger partial charge is 0.195 e. The topological polar surface area (TPSA) is 39.4 Å². The summed E-state index contributed by atoms with van der Waals surface area (Å²) < 4.78 is 12.4. The molecule has 2 aromatic carbocycles. The van der Waals surface area contributed by atoms with Gasteiger partial charge in [-0.1, -0.05) is 42.5 Å². The molecule has 0 saturated carbocycles. The number of para-hydroxylation sites is 1. The molecule has 0 aliphatic heterocycles. The van der Waals surface area contributed by atoms with Gasteiger partial charge in [-0.05, 0) is 70.0 Å². The van der Waals surface area contributed by atoms with Crippen molar-refractivity contribution in [1.82, 2.24) is 0 Å². The molecule has 0 N–H and O–H groups in total. The lowest BCUT2D eigenvalue weighted by molar-refractivity contribution is 0.105. The van der Waals surface area contributed by atoms with E-state index in [1.807, 2.05) is 66.7 Å². The molecule has 0 amide bonds. The molecule has 150 valence electrons. The lowest BCUT2D eigenvalue weighted by Gasteiger charge is -2.05. The maximum Gasteiger partial charge on any atom is 0.195 e. The Bertz CT molecular complexity index is 1160. The van der Waals surface area contributed by atoms with E-state index in [1.165, 1.54) is 21.8 Å². The monoisotopic (exact) mass is 478 g/mol. The van der Waals surface area contributed by atoms with Gasteiger partial charge in [0, 0.05) is 11.3 Å². The Hall–Kier alpha value is -2.89. The second kappa shape index (κ2) is 9.74. The van der Waals surface area contributed by atoms with E-state index in [4.69, 9.17) is 9.15 Å². The Labute approximate surface area is 187 Å². The van der Waals surface area contributed by atoms with E-state index >= 15 is 0 Å². The standard InChI is InChI=1S/C25H19BrO3S/c26-22-8-4-5-9-24(22)28-17-20-11-10-19(29-20)12-14-23(27)25-15-13-21(30-25)16-18-6-2-1-3-7-18/h1-15H,16-17H2/b14-12+. The average Bonchev–Trinajstić information content (AvgIpc) is 3.42. The van der Waals surface area contributed by atoms with Gasteiger partial charge in [0.05, 0.1) is 9.35 Å². The summed E-state index contributed by atoms with van der Waals surface area (Å²) in [6, 6.07) is 25.5. The van der Waals surface area contributed by atoms with Crippen LogP contribution >= 0.6 is 27.3 Å². The van der Waals surface area contributed by atoms with Crippen LogP contribution < -0.4 is 4.74 Å². The van der Waals surface area contributed by atoms with E-state index in [0.717, 1.165) is 21.5 Å². The number of thiophene rings is 1. The van der Waals surface area contributed by atoms with E-state index in [0.29, 0.717) is 18.1 Å². The second-order valence-electron chi connectivity index (χ2n) is 6.65. The van der Waals surface area contributed by atoms with Crippen LogP contribution in [0.25, 0.3) is 6.08 Å². The third-order valence-electron chi connectivity index (χ3n) is 4.41. The van der Waals surface area contributed by atoms with Gasteiger partial charge >= 0.3 is 0 Å². The quantitative estimate of drug-likeness (QED) is 0.199. The molecule has 4 aromatic rings. The van der Waals surface area contributed by atoms with Crippen LogP contribution in [0.15, 0.2) is 93.8 Å². The largest absolute Gasteiger partial charge is 0.484 e. The molecule has 0 atom stereocenters. The predicted molar refractivity (Wildman–Crippen MR) is 124 cm³/mol. The second-order valence-corrected chi connectivity index (χ2v) is 8.67. The molecule has 2 heterocycles. The summed E-state index contributed by atoms with van der Waals surface area (Å²) >= 11 is 4.98. The number of carbonyl (C=O) groups is 1. The molecule has 0 saturated heterocycles. The average molecular weight is 479 g/mol. The van der Waals surface area contributed by atoms with Crippen LogP contribution in [0, 0.1) is 0 Å². The summed E-state index contributed by atoms with van der Waals surface area (Å²) in [6.45, 7) is 0.318. The molecule has 0 aliphatic carbocycles. The number of hydrogen-bond donors (Lipinski definition) is 0. The Kier molecular flexibility index (Phi) is 6.62. The normalized spacial score (nSPS) is 11.1. The van der Waals surface area contributed by atoms with Gasteiger partial charge in [0.25, 0.3) is 0 Å². The molecule has 0 bridgehead atoms. The summed E-state index contributed by atoms with van der Waals surface area (Å²) in [6.07, 6.45) is 4.08. The van der Waals surface area contributed by atoms with Crippen LogP contribution in [0.1, 0.15) is 31.6 Å². The molecule has 0 unspecified atom stereocenters. The van der Waals surface area contributed by atoms with Crippen molar-refractivity contribution in [2.45, 2.75) is 13.0 Å². The van der Waals surface area contributed by atoms with Gasteiger partial charge in [-0.3, -0.25) is 4.79 Å². The van der Waals surface area contributed by atoms with Gasteiger partial charge in [0.15, 0.2) is 5.78 Å². The first-order valence-corrected chi connectivity index (χ1v) is 11.1. The van der Waals surface area contributed by atoms with Gasteiger partial charge in [-0.15, -0.1) is 11.3 Å². The zero-order valence-corrected chi connectivity index (χ0v) is 18.5. The van der Waals surface area contributed by atoms with Gasteiger partial charge in [0.2, 0.25) is 0 Å². The van der Waals surface area contributed by atoms with E-state index in [-0.39, 0.29) is 5.78 Å². The maximum atomic E-state index is 12.5. The zero-order valence-electron chi connectivity index (χ0n) is 16.1. The van der Waals surface area contributed by atoms with Crippen molar-refractivity contribution in [2.75, 3.05) is 0 Å². The highest BCUT2D eigenvalue weighted by atomic mass is 79.9. The van der Waals surface area contributed by atoms with Gasteiger partial charge in [-0.2, -0.15) is 0 Å². The number of hydrogen-bond acceptors (Lipinski definition) is 4. The fourth-order valence-corrected chi connectivity index (χ4v) is 4.28. The predicted octanol–water partition coefficient (Wildman–Crippen LogP) is 7.17. The van der Waals surface area contributed by atoms with Crippen molar-refractivity contribution in [3.8, 4) is 5.75 Å². The van der Waals surface area contributed by atoms with E-state index in [1.54, 1.807) is 12.2 Å². The fraction of sp³-hybridized carbons (Fsp3) is 0.0800. The SMILES string of the molecule is O=C(/C=C/c1ccc(COc2ccccc2Br)o1)c1ccc(Cc2ccccc2)s1. The lowest BCUT2D eigenvalue weighted by Crippen LogP contribution is -1.94. The summed E-state index contributed by atoms with van der Waals surface area (Å²) in [7, 11) is 0. The fourth-order valence-electron chi connectivity index (χ4n) is 2.91. The van der Waals surface area contributed by atoms with E-state index < -0.39 is 0 Å². The van der Waals surface area contributed by atoms with Crippen LogP contribution in [0.3, 0.4) is 0 Å². The highest BCUT2D eigenvalue weighted by molar-refractivity contribution is 9.10. The van der Waals surface area contributed by atoms with Gasteiger partial charge < -0.3 is 9.15 Å². The van der Waals surface area contributed by atoms with Gasteiger partial charge in [-0.25, -0.2) is 0 Å². The number of benzene rings is 2. The summed E-state index contributed by atoms with van der Waals surface area (Å²) in [5, 5.41) is 0. The first-order valence-electron chi connectivity index (χ1n) is 9.48. The molecule has 30 heavy (non-hydrogen) atoms. The third-order valence-corrected chi connectivity index (χ3v) is 6.17. The van der Waals surface area contributed by atoms with E-state index in [9.17, 15) is 4.79 Å². The lowest BCUT2D eigenvalue weighted by atomic mass is 10.1. The minimum atomic E-state index is -0.0262. The molecule has 4 rings (SSSR count). The Balaban J connectivity index is 1.34. The van der Waals surface area contributed by atoms with Crippen molar-refractivity contribution in [3.05, 3.63) is 116 Å². The molecular formula is C25H19BrO3S. The van der Waals surface area contributed by atoms with Crippen LogP contribution in [0.5, 0.6) is 5.75 Å². The first kappa shape index (κ1) is 20.4. The van der Waals surface area contributed by atoms with Crippen LogP contribution in [-0.2, 0) is 13.0 Å². The molecule has 3 nitrogen and oxygen atoms in total. The summed E-state index contributed by atoms with van der Waals surface area (Å²) in [4.78, 5) is 14.4. The zero-order chi connectivity index (χ0) is 20.8. The van der Waals surface area contributed by atoms with Crippen molar-refractivity contribution >= 4 is 39.1 Å². The molecule has 0 aliphatic rings. The number of allylic oxidation sites excluding steroid dienone is 1. The summed E-state index contributed by atoms with van der Waals surface area (Å²) in [5.74, 6) is 2.04. The van der Waals surface area contributed by atoms with Crippen LogP contribution in [-0.4, -0.2) is 5.78 Å². The number of carbonyl (C=O) groups excluding carboxylic acids is 1. The van der Waals surface area contributed by atoms with Gasteiger partial charge in [0.1, 0.15) is 23.9 Å².